The fourth-order valence-corrected chi connectivity index (χ4v) is 1.62. The predicted molar refractivity (Wildman–Crippen MR) is 49.6 cm³/mol. The number of aromatic nitrogens is 2. The third-order valence-corrected chi connectivity index (χ3v) is 2.27. The van der Waals surface area contributed by atoms with Crippen LogP contribution in [0.25, 0.3) is 0 Å². The summed E-state index contributed by atoms with van der Waals surface area (Å²) in [6.07, 6.45) is 1.61. The van der Waals surface area contributed by atoms with Gasteiger partial charge in [0.1, 0.15) is 6.61 Å². The molecule has 1 N–H and O–H groups in total. The SMILES string of the molecule is FC1(F)COCCN(Cc2ccn[nH]2)C1. The minimum absolute atomic E-state index is 0.258. The molecule has 0 spiro atoms. The molecule has 1 aromatic heterocycles. The maximum absolute atomic E-state index is 13.2. The summed E-state index contributed by atoms with van der Waals surface area (Å²) in [6.45, 7) is 0.593. The minimum Gasteiger partial charge on any atom is -0.374 e. The Morgan fingerprint density at radius 1 is 1.60 bits per heavy atom. The van der Waals surface area contributed by atoms with E-state index in [4.69, 9.17) is 4.74 Å². The first-order chi connectivity index (χ1) is 7.16. The summed E-state index contributed by atoms with van der Waals surface area (Å²) in [6, 6.07) is 1.78. The van der Waals surface area contributed by atoms with E-state index < -0.39 is 12.5 Å². The topological polar surface area (TPSA) is 41.1 Å². The Bertz CT molecular complexity index is 302. The molecule has 6 heteroatoms. The molecule has 0 unspecified atom stereocenters. The summed E-state index contributed by atoms with van der Waals surface area (Å²) in [5, 5.41) is 6.53. The molecule has 0 amide bonds. The molecule has 0 saturated carbocycles. The number of halogens is 2. The second kappa shape index (κ2) is 4.24. The highest BCUT2D eigenvalue weighted by Gasteiger charge is 2.34. The van der Waals surface area contributed by atoms with E-state index in [-0.39, 0.29) is 6.54 Å². The van der Waals surface area contributed by atoms with Crippen molar-refractivity contribution in [1.29, 1.82) is 0 Å². The van der Waals surface area contributed by atoms with E-state index in [9.17, 15) is 8.78 Å². The number of hydrogen-bond donors (Lipinski definition) is 1. The van der Waals surface area contributed by atoms with Crippen LogP contribution in [0.15, 0.2) is 12.3 Å². The molecule has 1 fully saturated rings. The van der Waals surface area contributed by atoms with E-state index in [0.717, 1.165) is 5.69 Å². The number of ether oxygens (including phenoxy) is 1. The van der Waals surface area contributed by atoms with E-state index in [1.807, 2.05) is 0 Å². The Kier molecular flexibility index (Phi) is 2.97. The molecule has 0 atom stereocenters. The lowest BCUT2D eigenvalue weighted by atomic mass is 10.3. The summed E-state index contributed by atoms with van der Waals surface area (Å²) >= 11 is 0. The first-order valence-electron chi connectivity index (χ1n) is 4.82. The monoisotopic (exact) mass is 217 g/mol. The second-order valence-electron chi connectivity index (χ2n) is 3.70. The zero-order valence-corrected chi connectivity index (χ0v) is 8.25. The van der Waals surface area contributed by atoms with Gasteiger partial charge < -0.3 is 4.74 Å². The molecule has 0 aromatic carbocycles. The molecule has 1 saturated heterocycles. The van der Waals surface area contributed by atoms with Crippen LogP contribution >= 0.6 is 0 Å². The summed E-state index contributed by atoms with van der Waals surface area (Å²) in [7, 11) is 0. The van der Waals surface area contributed by atoms with Crippen LogP contribution in [0.2, 0.25) is 0 Å². The maximum Gasteiger partial charge on any atom is 0.283 e. The van der Waals surface area contributed by atoms with Crippen LogP contribution in [-0.4, -0.2) is 47.3 Å². The van der Waals surface area contributed by atoms with Gasteiger partial charge in [-0.15, -0.1) is 0 Å². The summed E-state index contributed by atoms with van der Waals surface area (Å²) in [5.74, 6) is -2.75. The van der Waals surface area contributed by atoms with Crippen LogP contribution < -0.4 is 0 Å². The lowest BCUT2D eigenvalue weighted by molar-refractivity contribution is -0.0690. The number of hydrogen-bond acceptors (Lipinski definition) is 3. The molecular weight excluding hydrogens is 204 g/mol. The van der Waals surface area contributed by atoms with Crippen LogP contribution in [0.5, 0.6) is 0 Å². The second-order valence-corrected chi connectivity index (χ2v) is 3.70. The molecule has 4 nitrogen and oxygen atoms in total. The molecule has 84 valence electrons. The molecule has 2 heterocycles. The van der Waals surface area contributed by atoms with Gasteiger partial charge in [-0.25, -0.2) is 8.78 Å². The molecule has 15 heavy (non-hydrogen) atoms. The Balaban J connectivity index is 1.96. The van der Waals surface area contributed by atoms with E-state index >= 15 is 0 Å². The molecule has 2 rings (SSSR count). The molecule has 1 aromatic rings. The highest BCUT2D eigenvalue weighted by atomic mass is 19.3. The summed E-state index contributed by atoms with van der Waals surface area (Å²) in [4.78, 5) is 1.67. The Morgan fingerprint density at radius 3 is 3.20 bits per heavy atom. The fourth-order valence-electron chi connectivity index (χ4n) is 1.62. The van der Waals surface area contributed by atoms with Gasteiger partial charge in [0.05, 0.1) is 13.2 Å². The Morgan fingerprint density at radius 2 is 2.47 bits per heavy atom. The maximum atomic E-state index is 13.2. The lowest BCUT2D eigenvalue weighted by Crippen LogP contribution is -2.37. The standard InChI is InChI=1S/C9H13F2N3O/c10-9(11)6-14(3-4-15-7-9)5-8-1-2-12-13-8/h1-2H,3-7H2,(H,12,13). The molecule has 1 aliphatic heterocycles. The van der Waals surface area contributed by atoms with Gasteiger partial charge in [-0.3, -0.25) is 10.00 Å². The first-order valence-corrected chi connectivity index (χ1v) is 4.82. The predicted octanol–water partition coefficient (Wildman–Crippen LogP) is 0.877. The van der Waals surface area contributed by atoms with Crippen molar-refractivity contribution in [3.63, 3.8) is 0 Å². The summed E-state index contributed by atoms with van der Waals surface area (Å²) in [5.41, 5.74) is 0.840. The van der Waals surface area contributed by atoms with Crippen molar-refractivity contribution in [3.05, 3.63) is 18.0 Å². The number of nitrogens with zero attached hydrogens (tertiary/aromatic N) is 2. The van der Waals surface area contributed by atoms with Gasteiger partial charge in [-0.2, -0.15) is 5.10 Å². The number of H-pyrrole nitrogens is 1. The van der Waals surface area contributed by atoms with Crippen LogP contribution in [0, 0.1) is 0 Å². The van der Waals surface area contributed by atoms with Crippen LogP contribution in [0.3, 0.4) is 0 Å². The Labute approximate surface area is 86.2 Å². The average molecular weight is 217 g/mol. The Hall–Kier alpha value is -1.01. The van der Waals surface area contributed by atoms with Gasteiger partial charge in [0.15, 0.2) is 0 Å². The minimum atomic E-state index is -2.75. The van der Waals surface area contributed by atoms with Gasteiger partial charge in [-0.1, -0.05) is 0 Å². The van der Waals surface area contributed by atoms with Gasteiger partial charge >= 0.3 is 0 Å². The van der Waals surface area contributed by atoms with Gasteiger partial charge in [0, 0.05) is 25.0 Å². The third kappa shape index (κ3) is 2.97. The van der Waals surface area contributed by atoms with E-state index in [2.05, 4.69) is 10.2 Å². The lowest BCUT2D eigenvalue weighted by Gasteiger charge is -2.21. The zero-order valence-electron chi connectivity index (χ0n) is 8.25. The van der Waals surface area contributed by atoms with Crippen molar-refractivity contribution in [3.8, 4) is 0 Å². The molecular formula is C9H13F2N3O. The average Bonchev–Trinajstić information content (AvgIpc) is 2.58. The normalized spacial score (nSPS) is 22.5. The van der Waals surface area contributed by atoms with Crippen molar-refractivity contribution in [1.82, 2.24) is 15.1 Å². The number of alkyl halides is 2. The van der Waals surface area contributed by atoms with Crippen molar-refractivity contribution in [2.45, 2.75) is 12.5 Å². The van der Waals surface area contributed by atoms with Crippen LogP contribution in [0.4, 0.5) is 8.78 Å². The number of rotatable bonds is 2. The van der Waals surface area contributed by atoms with Crippen molar-refractivity contribution >= 4 is 0 Å². The van der Waals surface area contributed by atoms with Crippen molar-refractivity contribution in [2.75, 3.05) is 26.3 Å². The molecule has 0 bridgehead atoms. The van der Waals surface area contributed by atoms with Gasteiger partial charge in [0.25, 0.3) is 5.92 Å². The smallest absolute Gasteiger partial charge is 0.283 e. The summed E-state index contributed by atoms with van der Waals surface area (Å²) < 4.78 is 31.1. The van der Waals surface area contributed by atoms with E-state index in [1.165, 1.54) is 0 Å². The van der Waals surface area contributed by atoms with E-state index in [1.54, 1.807) is 17.2 Å². The van der Waals surface area contributed by atoms with Gasteiger partial charge in [-0.05, 0) is 6.07 Å². The number of nitrogens with one attached hydrogen (secondary N) is 1. The van der Waals surface area contributed by atoms with Crippen LogP contribution in [0.1, 0.15) is 5.69 Å². The largest absolute Gasteiger partial charge is 0.374 e. The third-order valence-electron chi connectivity index (χ3n) is 2.27. The van der Waals surface area contributed by atoms with Crippen molar-refractivity contribution in [2.24, 2.45) is 0 Å². The quantitative estimate of drug-likeness (QED) is 0.799. The highest BCUT2D eigenvalue weighted by Crippen LogP contribution is 2.19. The van der Waals surface area contributed by atoms with Crippen LogP contribution in [-0.2, 0) is 11.3 Å². The molecule has 0 radical (unpaired) electrons. The fraction of sp³-hybridized carbons (Fsp3) is 0.667. The van der Waals surface area contributed by atoms with E-state index in [0.29, 0.717) is 19.7 Å². The molecule has 0 aliphatic carbocycles. The first kappa shape index (κ1) is 10.5. The van der Waals surface area contributed by atoms with Gasteiger partial charge in [0.2, 0.25) is 0 Å². The zero-order chi connectivity index (χ0) is 10.7. The van der Waals surface area contributed by atoms with Crippen molar-refractivity contribution < 1.29 is 13.5 Å². The number of aromatic amines is 1. The highest BCUT2D eigenvalue weighted by molar-refractivity contribution is 4.97. The molecule has 1 aliphatic rings.